The molecule has 0 spiro atoms. The molecule has 2 aromatic carbocycles. The zero-order valence-corrected chi connectivity index (χ0v) is 16.2. The lowest BCUT2D eigenvalue weighted by Gasteiger charge is -2.12. The summed E-state index contributed by atoms with van der Waals surface area (Å²) in [7, 11) is 0. The number of nitrogen functional groups attached to an aromatic ring is 1. The number of nitrogens with zero attached hydrogens (tertiary/aromatic N) is 2. The normalized spacial score (nSPS) is 11.0. The minimum Gasteiger partial charge on any atom is -0.454 e. The number of aromatic nitrogens is 2. The van der Waals surface area contributed by atoms with Crippen LogP contribution in [0.5, 0.6) is 11.5 Å². The van der Waals surface area contributed by atoms with Crippen molar-refractivity contribution in [2.75, 3.05) is 5.73 Å². The fourth-order valence-electron chi connectivity index (χ4n) is 2.91. The molecule has 28 heavy (non-hydrogen) atoms. The Morgan fingerprint density at radius 2 is 1.71 bits per heavy atom. The molecule has 2 aromatic heterocycles. The second kappa shape index (κ2) is 7.26. The summed E-state index contributed by atoms with van der Waals surface area (Å²) >= 11 is 12.4. The van der Waals surface area contributed by atoms with E-state index in [1.807, 2.05) is 25.1 Å². The van der Waals surface area contributed by atoms with Gasteiger partial charge in [0, 0.05) is 23.3 Å². The highest BCUT2D eigenvalue weighted by Crippen LogP contribution is 2.39. The summed E-state index contributed by atoms with van der Waals surface area (Å²) < 4.78 is 19.4. The third kappa shape index (κ3) is 3.59. The predicted molar refractivity (Wildman–Crippen MR) is 111 cm³/mol. The molecule has 0 aliphatic heterocycles. The van der Waals surface area contributed by atoms with Crippen LogP contribution in [-0.4, -0.2) is 9.97 Å². The fourth-order valence-corrected chi connectivity index (χ4v) is 3.49. The van der Waals surface area contributed by atoms with E-state index < -0.39 is 0 Å². The number of rotatable bonds is 3. The van der Waals surface area contributed by atoms with Crippen molar-refractivity contribution in [2.45, 2.75) is 6.92 Å². The third-order valence-corrected chi connectivity index (χ3v) is 4.77. The molecule has 0 fully saturated rings. The van der Waals surface area contributed by atoms with E-state index in [4.69, 9.17) is 33.7 Å². The number of anilines is 1. The van der Waals surface area contributed by atoms with E-state index in [1.165, 1.54) is 18.3 Å². The zero-order valence-electron chi connectivity index (χ0n) is 14.7. The Balaban J connectivity index is 1.74. The molecule has 4 aromatic rings. The lowest BCUT2D eigenvalue weighted by molar-refractivity contribution is 0.484. The van der Waals surface area contributed by atoms with E-state index in [1.54, 1.807) is 18.2 Å². The van der Waals surface area contributed by atoms with Crippen LogP contribution >= 0.6 is 23.2 Å². The van der Waals surface area contributed by atoms with Crippen molar-refractivity contribution in [3.05, 3.63) is 76.2 Å². The summed E-state index contributed by atoms with van der Waals surface area (Å²) in [4.78, 5) is 8.78. The van der Waals surface area contributed by atoms with Gasteiger partial charge in [0.2, 0.25) is 0 Å². The molecule has 0 radical (unpaired) electrons. The molecule has 4 nitrogen and oxygen atoms in total. The molecule has 2 N–H and O–H groups in total. The quantitative estimate of drug-likeness (QED) is 0.393. The van der Waals surface area contributed by atoms with Gasteiger partial charge in [-0.25, -0.2) is 9.37 Å². The first-order valence-corrected chi connectivity index (χ1v) is 9.12. The molecular formula is C21H14Cl2FN3O. The molecule has 2 heterocycles. The van der Waals surface area contributed by atoms with Gasteiger partial charge in [0.05, 0.1) is 26.9 Å². The van der Waals surface area contributed by atoms with Crippen molar-refractivity contribution in [1.29, 1.82) is 0 Å². The van der Waals surface area contributed by atoms with Crippen LogP contribution in [0, 0.1) is 12.7 Å². The maximum absolute atomic E-state index is 13.5. The lowest BCUT2D eigenvalue weighted by Crippen LogP contribution is -1.93. The number of fused-ring (bicyclic) bond motifs is 1. The summed E-state index contributed by atoms with van der Waals surface area (Å²) in [6.45, 7) is 1.94. The van der Waals surface area contributed by atoms with Crippen LogP contribution in [0.1, 0.15) is 5.56 Å². The Hall–Kier alpha value is -2.89. The maximum atomic E-state index is 13.5. The van der Waals surface area contributed by atoms with Gasteiger partial charge in [0.25, 0.3) is 0 Å². The Labute approximate surface area is 170 Å². The van der Waals surface area contributed by atoms with Crippen LogP contribution in [0.2, 0.25) is 10.0 Å². The molecule has 7 heteroatoms. The third-order valence-electron chi connectivity index (χ3n) is 4.21. The van der Waals surface area contributed by atoms with E-state index in [0.717, 1.165) is 16.5 Å². The van der Waals surface area contributed by atoms with Gasteiger partial charge >= 0.3 is 0 Å². The SMILES string of the molecule is Cc1cc(-c2cc(F)ccn2)nc2ccc(Oc3c(Cl)cc(N)cc3Cl)cc12. The molecule has 0 aliphatic carbocycles. The Kier molecular flexibility index (Phi) is 4.79. The molecule has 0 aliphatic rings. The van der Waals surface area contributed by atoms with Gasteiger partial charge in [-0.05, 0) is 55.0 Å². The average Bonchev–Trinajstić information content (AvgIpc) is 2.65. The number of pyridine rings is 2. The summed E-state index contributed by atoms with van der Waals surface area (Å²) in [5.74, 6) is 0.538. The highest BCUT2D eigenvalue weighted by molar-refractivity contribution is 6.37. The number of benzene rings is 2. The van der Waals surface area contributed by atoms with Crippen molar-refractivity contribution in [3.63, 3.8) is 0 Å². The van der Waals surface area contributed by atoms with Gasteiger partial charge in [0.15, 0.2) is 5.75 Å². The van der Waals surface area contributed by atoms with Crippen molar-refractivity contribution in [2.24, 2.45) is 0 Å². The predicted octanol–water partition coefficient (Wildman–Crippen LogP) is 6.43. The van der Waals surface area contributed by atoms with Crippen LogP contribution in [-0.2, 0) is 0 Å². The zero-order chi connectivity index (χ0) is 19.8. The lowest BCUT2D eigenvalue weighted by atomic mass is 10.1. The van der Waals surface area contributed by atoms with Gasteiger partial charge in [-0.1, -0.05) is 23.2 Å². The molecule has 0 atom stereocenters. The van der Waals surface area contributed by atoms with E-state index in [2.05, 4.69) is 9.97 Å². The molecule has 0 saturated heterocycles. The van der Waals surface area contributed by atoms with Crippen LogP contribution < -0.4 is 10.5 Å². The van der Waals surface area contributed by atoms with Crippen LogP contribution in [0.15, 0.2) is 54.7 Å². The van der Waals surface area contributed by atoms with Gasteiger partial charge in [-0.2, -0.15) is 0 Å². The van der Waals surface area contributed by atoms with Gasteiger partial charge in [-0.3, -0.25) is 4.98 Å². The topological polar surface area (TPSA) is 61.0 Å². The minimum atomic E-state index is -0.356. The number of ether oxygens (including phenoxy) is 1. The largest absolute Gasteiger partial charge is 0.454 e. The van der Waals surface area contributed by atoms with Crippen molar-refractivity contribution >= 4 is 39.8 Å². The average molecular weight is 414 g/mol. The number of hydrogen-bond acceptors (Lipinski definition) is 4. The first kappa shape index (κ1) is 18.5. The highest BCUT2D eigenvalue weighted by Gasteiger charge is 2.12. The maximum Gasteiger partial charge on any atom is 0.164 e. The number of nitrogens with two attached hydrogens (primary N) is 1. The summed E-state index contributed by atoms with van der Waals surface area (Å²) in [6.07, 6.45) is 1.42. The smallest absolute Gasteiger partial charge is 0.164 e. The molecule has 0 bridgehead atoms. The summed E-state index contributed by atoms with van der Waals surface area (Å²) in [5.41, 5.74) is 8.95. The first-order valence-electron chi connectivity index (χ1n) is 8.36. The van der Waals surface area contributed by atoms with E-state index in [-0.39, 0.29) is 5.82 Å². The molecule has 140 valence electrons. The highest BCUT2D eigenvalue weighted by atomic mass is 35.5. The second-order valence-electron chi connectivity index (χ2n) is 6.28. The van der Waals surface area contributed by atoms with E-state index in [9.17, 15) is 4.39 Å². The van der Waals surface area contributed by atoms with Gasteiger partial charge in [0.1, 0.15) is 11.6 Å². The number of aryl methyl sites for hydroxylation is 1. The fraction of sp³-hybridized carbons (Fsp3) is 0.0476. The Bertz CT molecular complexity index is 1190. The minimum absolute atomic E-state index is 0.326. The van der Waals surface area contributed by atoms with Gasteiger partial charge in [-0.15, -0.1) is 0 Å². The van der Waals surface area contributed by atoms with Crippen LogP contribution in [0.4, 0.5) is 10.1 Å². The van der Waals surface area contributed by atoms with Crippen molar-refractivity contribution < 1.29 is 9.13 Å². The molecule has 0 unspecified atom stereocenters. The molecular weight excluding hydrogens is 400 g/mol. The first-order chi connectivity index (χ1) is 13.4. The Morgan fingerprint density at radius 3 is 2.43 bits per heavy atom. The Morgan fingerprint density at radius 1 is 0.964 bits per heavy atom. The monoisotopic (exact) mass is 413 g/mol. The number of hydrogen-bond donors (Lipinski definition) is 1. The van der Waals surface area contributed by atoms with Crippen LogP contribution in [0.25, 0.3) is 22.3 Å². The van der Waals surface area contributed by atoms with E-state index in [0.29, 0.717) is 38.6 Å². The molecule has 0 amide bonds. The molecule has 0 saturated carbocycles. The second-order valence-corrected chi connectivity index (χ2v) is 7.09. The van der Waals surface area contributed by atoms with Crippen molar-refractivity contribution in [3.8, 4) is 22.9 Å². The van der Waals surface area contributed by atoms with E-state index >= 15 is 0 Å². The van der Waals surface area contributed by atoms with Gasteiger partial charge < -0.3 is 10.5 Å². The van der Waals surface area contributed by atoms with Crippen molar-refractivity contribution in [1.82, 2.24) is 9.97 Å². The molecule has 4 rings (SSSR count). The summed E-state index contributed by atoms with van der Waals surface area (Å²) in [6, 6.07) is 13.1. The standard InChI is InChI=1S/C21H14Cl2FN3O/c1-11-6-20(19-7-12(24)4-5-26-19)27-18-3-2-14(10-15(11)18)28-21-16(22)8-13(25)9-17(21)23/h2-10H,25H2,1H3. The number of halogens is 3. The van der Waals surface area contributed by atoms with Crippen LogP contribution in [0.3, 0.4) is 0 Å². The summed E-state index contributed by atoms with van der Waals surface area (Å²) in [5, 5.41) is 1.54.